The lowest BCUT2D eigenvalue weighted by Gasteiger charge is -2.06. The van der Waals surface area contributed by atoms with Crippen molar-refractivity contribution in [3.63, 3.8) is 0 Å². The first-order valence-corrected chi connectivity index (χ1v) is 9.67. The largest absolute Gasteiger partial charge is 0.496 e. The molecule has 0 unspecified atom stereocenters. The second-order valence-electron chi connectivity index (χ2n) is 5.68. The summed E-state index contributed by atoms with van der Waals surface area (Å²) in [6.45, 7) is 1.78. The highest BCUT2D eigenvalue weighted by Crippen LogP contribution is 2.36. The number of thiazole rings is 2. The van der Waals surface area contributed by atoms with Gasteiger partial charge in [0.05, 0.1) is 22.9 Å². The molecule has 0 aliphatic heterocycles. The van der Waals surface area contributed by atoms with Crippen LogP contribution in [0.1, 0.15) is 15.4 Å². The van der Waals surface area contributed by atoms with Gasteiger partial charge in [-0.25, -0.2) is 14.4 Å². The predicted molar refractivity (Wildman–Crippen MR) is 106 cm³/mol. The van der Waals surface area contributed by atoms with Crippen LogP contribution < -0.4 is 10.1 Å². The van der Waals surface area contributed by atoms with Gasteiger partial charge in [-0.15, -0.1) is 11.3 Å². The molecule has 1 amide bonds. The molecule has 4 rings (SSSR count). The highest BCUT2D eigenvalue weighted by Gasteiger charge is 2.21. The molecule has 4 aromatic rings. The number of aryl methyl sites for hydroxylation is 1. The lowest BCUT2D eigenvalue weighted by Crippen LogP contribution is -2.13. The van der Waals surface area contributed by atoms with Crippen LogP contribution in [-0.4, -0.2) is 23.0 Å². The van der Waals surface area contributed by atoms with Crippen LogP contribution in [0.25, 0.3) is 20.8 Å². The Kier molecular flexibility index (Phi) is 4.59. The minimum absolute atomic E-state index is 0.250. The molecule has 0 atom stereocenters. The molecule has 0 spiro atoms. The lowest BCUT2D eigenvalue weighted by molar-refractivity contribution is 0.102. The molecule has 136 valence electrons. The minimum Gasteiger partial charge on any atom is -0.496 e. The Hall–Kier alpha value is -2.84. The fourth-order valence-corrected chi connectivity index (χ4v) is 4.50. The van der Waals surface area contributed by atoms with Crippen molar-refractivity contribution < 1.29 is 13.9 Å². The van der Waals surface area contributed by atoms with Gasteiger partial charge in [-0.05, 0) is 31.2 Å². The summed E-state index contributed by atoms with van der Waals surface area (Å²) in [5.41, 5.74) is 1.33. The fraction of sp³-hybridized carbons (Fsp3) is 0.105. The van der Waals surface area contributed by atoms with Gasteiger partial charge in [0, 0.05) is 4.88 Å². The Labute approximate surface area is 162 Å². The van der Waals surface area contributed by atoms with Gasteiger partial charge >= 0.3 is 0 Å². The van der Waals surface area contributed by atoms with Crippen molar-refractivity contribution in [3.8, 4) is 16.3 Å². The number of ether oxygens (including phenoxy) is 1. The second kappa shape index (κ2) is 7.05. The Morgan fingerprint density at radius 1 is 1.11 bits per heavy atom. The average Bonchev–Trinajstić information content (AvgIpc) is 3.23. The smallest absolute Gasteiger partial charge is 0.277 e. The summed E-state index contributed by atoms with van der Waals surface area (Å²) in [4.78, 5) is 22.1. The quantitative estimate of drug-likeness (QED) is 0.517. The van der Waals surface area contributed by atoms with Crippen molar-refractivity contribution >= 4 is 43.9 Å². The molecule has 5 nitrogen and oxygen atoms in total. The topological polar surface area (TPSA) is 64.1 Å². The zero-order valence-corrected chi connectivity index (χ0v) is 16.1. The fourth-order valence-electron chi connectivity index (χ4n) is 2.68. The normalized spacial score (nSPS) is 10.9. The first-order chi connectivity index (χ1) is 13.1. The number of anilines is 1. The number of methoxy groups -OCH3 is 1. The molecular weight excluding hydrogens is 385 g/mol. The summed E-state index contributed by atoms with van der Waals surface area (Å²) in [5, 5.41) is 3.68. The van der Waals surface area contributed by atoms with Gasteiger partial charge in [-0.3, -0.25) is 10.1 Å². The van der Waals surface area contributed by atoms with Gasteiger partial charge in [0.2, 0.25) is 0 Å². The highest BCUT2D eigenvalue weighted by molar-refractivity contribution is 7.22. The van der Waals surface area contributed by atoms with Crippen molar-refractivity contribution in [1.29, 1.82) is 0 Å². The van der Waals surface area contributed by atoms with Crippen LogP contribution in [0, 0.1) is 12.7 Å². The van der Waals surface area contributed by atoms with Crippen molar-refractivity contribution in [3.05, 3.63) is 58.9 Å². The predicted octanol–water partition coefficient (Wildman–Crippen LogP) is 5.13. The number of amides is 1. The van der Waals surface area contributed by atoms with Crippen molar-refractivity contribution in [2.45, 2.75) is 6.92 Å². The summed E-state index contributed by atoms with van der Waals surface area (Å²) in [6, 6.07) is 12.2. The van der Waals surface area contributed by atoms with E-state index in [1.54, 1.807) is 19.1 Å². The van der Waals surface area contributed by atoms with E-state index in [2.05, 4.69) is 15.3 Å². The van der Waals surface area contributed by atoms with E-state index in [-0.39, 0.29) is 17.2 Å². The third kappa shape index (κ3) is 3.29. The Morgan fingerprint density at radius 3 is 2.70 bits per heavy atom. The van der Waals surface area contributed by atoms with Gasteiger partial charge in [0.1, 0.15) is 22.3 Å². The molecule has 0 aliphatic rings. The third-order valence-electron chi connectivity index (χ3n) is 3.94. The molecule has 0 bridgehead atoms. The Bertz CT molecular complexity index is 1120. The van der Waals surface area contributed by atoms with Crippen LogP contribution in [0.15, 0.2) is 42.5 Å². The zero-order chi connectivity index (χ0) is 19.0. The van der Waals surface area contributed by atoms with E-state index < -0.39 is 5.82 Å². The Morgan fingerprint density at radius 2 is 1.93 bits per heavy atom. The van der Waals surface area contributed by atoms with Crippen molar-refractivity contribution in [2.75, 3.05) is 12.4 Å². The van der Waals surface area contributed by atoms with E-state index in [0.717, 1.165) is 10.2 Å². The van der Waals surface area contributed by atoms with E-state index in [1.165, 1.54) is 35.8 Å². The van der Waals surface area contributed by atoms with Gasteiger partial charge in [-0.2, -0.15) is 0 Å². The summed E-state index contributed by atoms with van der Waals surface area (Å²) in [5.74, 6) is -0.438. The number of hydrogen-bond acceptors (Lipinski definition) is 6. The molecule has 0 aliphatic carbocycles. The lowest BCUT2D eigenvalue weighted by atomic mass is 10.2. The third-order valence-corrected chi connectivity index (χ3v) is 5.88. The van der Waals surface area contributed by atoms with Crippen LogP contribution in [-0.2, 0) is 0 Å². The molecule has 2 aromatic carbocycles. The zero-order valence-electron chi connectivity index (χ0n) is 14.4. The minimum atomic E-state index is -0.443. The number of rotatable bonds is 4. The molecule has 1 N–H and O–H groups in total. The monoisotopic (exact) mass is 399 g/mol. The number of fused-ring (bicyclic) bond motifs is 1. The standard InChI is InChI=1S/C19H14FN3O2S2/c1-10-16(17(24)23-19-21-12-7-3-4-9-14(12)27-19)22-18(26-10)15-11(20)6-5-8-13(15)25-2/h3-9H,1-2H3,(H,21,23,24). The summed E-state index contributed by atoms with van der Waals surface area (Å²) in [6.07, 6.45) is 0. The first-order valence-electron chi connectivity index (χ1n) is 8.04. The van der Waals surface area contributed by atoms with E-state index >= 15 is 0 Å². The number of hydrogen-bond donors (Lipinski definition) is 1. The van der Waals surface area contributed by atoms with Crippen LogP contribution in [0.3, 0.4) is 0 Å². The van der Waals surface area contributed by atoms with E-state index in [1.807, 2.05) is 24.3 Å². The summed E-state index contributed by atoms with van der Waals surface area (Å²) < 4.78 is 20.5. The maximum atomic E-state index is 14.3. The van der Waals surface area contributed by atoms with Gasteiger partial charge in [0.25, 0.3) is 5.91 Å². The molecule has 8 heteroatoms. The SMILES string of the molecule is COc1cccc(F)c1-c1nc(C(=O)Nc2nc3ccccc3s2)c(C)s1. The number of para-hydroxylation sites is 1. The van der Waals surface area contributed by atoms with E-state index in [9.17, 15) is 9.18 Å². The maximum absolute atomic E-state index is 14.3. The second-order valence-corrected chi connectivity index (χ2v) is 7.92. The number of nitrogens with one attached hydrogen (secondary N) is 1. The molecular formula is C19H14FN3O2S2. The number of carbonyl (C=O) groups is 1. The molecule has 2 heterocycles. The molecule has 2 aromatic heterocycles. The van der Waals surface area contributed by atoms with Crippen LogP contribution in [0.5, 0.6) is 5.75 Å². The number of carbonyl (C=O) groups excluding carboxylic acids is 1. The molecule has 27 heavy (non-hydrogen) atoms. The summed E-state index contributed by atoms with van der Waals surface area (Å²) >= 11 is 2.64. The molecule has 0 fully saturated rings. The Balaban J connectivity index is 1.66. The number of halogens is 1. The molecule has 0 radical (unpaired) electrons. The first kappa shape index (κ1) is 17.6. The van der Waals surface area contributed by atoms with Crippen LogP contribution in [0.4, 0.5) is 9.52 Å². The van der Waals surface area contributed by atoms with Crippen molar-refractivity contribution in [2.24, 2.45) is 0 Å². The number of benzene rings is 2. The van der Waals surface area contributed by atoms with Crippen LogP contribution in [0.2, 0.25) is 0 Å². The molecule has 0 saturated carbocycles. The van der Waals surface area contributed by atoms with Gasteiger partial charge in [0.15, 0.2) is 5.13 Å². The molecule has 0 saturated heterocycles. The van der Waals surface area contributed by atoms with Gasteiger partial charge < -0.3 is 4.74 Å². The number of nitrogens with zero attached hydrogens (tertiary/aromatic N) is 2. The van der Waals surface area contributed by atoms with Gasteiger partial charge in [-0.1, -0.05) is 29.5 Å². The van der Waals surface area contributed by atoms with E-state index in [0.29, 0.717) is 20.8 Å². The average molecular weight is 399 g/mol. The van der Waals surface area contributed by atoms with E-state index in [4.69, 9.17) is 4.74 Å². The maximum Gasteiger partial charge on any atom is 0.277 e. The van der Waals surface area contributed by atoms with Crippen LogP contribution >= 0.6 is 22.7 Å². The summed E-state index contributed by atoms with van der Waals surface area (Å²) in [7, 11) is 1.47. The van der Waals surface area contributed by atoms with Crippen molar-refractivity contribution in [1.82, 2.24) is 9.97 Å². The highest BCUT2D eigenvalue weighted by atomic mass is 32.1. The number of aromatic nitrogens is 2.